The van der Waals surface area contributed by atoms with Gasteiger partial charge >= 0.3 is 5.97 Å². The molecule has 37 heavy (non-hydrogen) atoms. The SMILES string of the molecule is COc1cc(N)c(Cl)cc1C(=O)OCC(=O)c1cc(C)n(-c2c(C)n(C)n(-c3ccccc3)c2=O)c1C. The van der Waals surface area contributed by atoms with Gasteiger partial charge in [0.15, 0.2) is 6.61 Å². The number of methoxy groups -OCH3 is 1. The number of carbonyl (C=O) groups is 2. The van der Waals surface area contributed by atoms with Crippen LogP contribution in [-0.4, -0.2) is 39.4 Å². The van der Waals surface area contributed by atoms with Crippen molar-refractivity contribution in [2.45, 2.75) is 20.8 Å². The van der Waals surface area contributed by atoms with Gasteiger partial charge in [-0.05, 0) is 45.0 Å². The first-order chi connectivity index (χ1) is 17.6. The summed E-state index contributed by atoms with van der Waals surface area (Å²) in [5.74, 6) is -0.998. The Labute approximate surface area is 218 Å². The first-order valence-electron chi connectivity index (χ1n) is 11.4. The van der Waals surface area contributed by atoms with Crippen molar-refractivity contribution in [3.05, 3.63) is 92.1 Å². The highest BCUT2D eigenvalue weighted by atomic mass is 35.5. The van der Waals surface area contributed by atoms with Crippen molar-refractivity contribution in [2.24, 2.45) is 7.05 Å². The molecule has 0 aliphatic rings. The van der Waals surface area contributed by atoms with Gasteiger partial charge in [0.2, 0.25) is 5.78 Å². The minimum atomic E-state index is -0.773. The van der Waals surface area contributed by atoms with Crippen molar-refractivity contribution >= 4 is 29.0 Å². The maximum atomic E-state index is 13.5. The summed E-state index contributed by atoms with van der Waals surface area (Å²) in [6, 6.07) is 13.8. The number of carbonyl (C=O) groups excluding carboxylic acids is 2. The maximum Gasteiger partial charge on any atom is 0.342 e. The number of anilines is 1. The third-order valence-corrected chi connectivity index (χ3v) is 6.68. The summed E-state index contributed by atoms with van der Waals surface area (Å²) in [7, 11) is 3.20. The van der Waals surface area contributed by atoms with Crippen molar-refractivity contribution in [3.63, 3.8) is 0 Å². The van der Waals surface area contributed by atoms with Crippen LogP contribution in [0.2, 0.25) is 5.02 Å². The van der Waals surface area contributed by atoms with Gasteiger partial charge in [-0.15, -0.1) is 0 Å². The number of aromatic nitrogens is 3. The highest BCUT2D eigenvalue weighted by molar-refractivity contribution is 6.33. The predicted molar refractivity (Wildman–Crippen MR) is 142 cm³/mol. The van der Waals surface area contributed by atoms with Crippen LogP contribution in [0.5, 0.6) is 5.75 Å². The number of ether oxygens (including phenoxy) is 2. The molecule has 10 heteroatoms. The van der Waals surface area contributed by atoms with Gasteiger partial charge in [0, 0.05) is 30.1 Å². The first kappa shape index (κ1) is 25.8. The van der Waals surface area contributed by atoms with Gasteiger partial charge in [-0.3, -0.25) is 14.3 Å². The van der Waals surface area contributed by atoms with E-state index in [1.807, 2.05) is 51.2 Å². The number of nitrogens with zero attached hydrogens (tertiary/aromatic N) is 3. The lowest BCUT2D eigenvalue weighted by Crippen LogP contribution is -2.22. The molecule has 9 nitrogen and oxygen atoms in total. The zero-order chi connectivity index (χ0) is 27.0. The zero-order valence-electron chi connectivity index (χ0n) is 21.2. The van der Waals surface area contributed by atoms with E-state index in [0.717, 1.165) is 11.4 Å². The van der Waals surface area contributed by atoms with E-state index in [-0.39, 0.29) is 27.6 Å². The number of benzene rings is 2. The number of aryl methyl sites for hydroxylation is 1. The van der Waals surface area contributed by atoms with Crippen molar-refractivity contribution < 1.29 is 19.1 Å². The second kappa shape index (κ2) is 10.0. The fourth-order valence-corrected chi connectivity index (χ4v) is 4.55. The number of halogens is 1. The van der Waals surface area contributed by atoms with Crippen molar-refractivity contribution in [3.8, 4) is 17.1 Å². The smallest absolute Gasteiger partial charge is 0.342 e. The number of para-hydroxylation sites is 1. The molecule has 2 aromatic carbocycles. The Bertz CT molecular complexity index is 1580. The minimum Gasteiger partial charge on any atom is -0.496 e. The Morgan fingerprint density at radius 2 is 1.68 bits per heavy atom. The van der Waals surface area contributed by atoms with E-state index in [1.54, 1.807) is 26.9 Å². The molecule has 0 spiro atoms. The second-order valence-electron chi connectivity index (χ2n) is 8.60. The Kier molecular flexibility index (Phi) is 7.00. The lowest BCUT2D eigenvalue weighted by atomic mass is 10.1. The van der Waals surface area contributed by atoms with E-state index >= 15 is 0 Å². The lowest BCUT2D eigenvalue weighted by molar-refractivity contribution is 0.0471. The van der Waals surface area contributed by atoms with Crippen LogP contribution in [0.4, 0.5) is 5.69 Å². The fraction of sp³-hybridized carbons (Fsp3) is 0.222. The molecular formula is C27H27ClN4O5. The molecule has 0 unspecified atom stereocenters. The number of hydrogen-bond acceptors (Lipinski definition) is 6. The molecule has 4 rings (SSSR count). The number of hydrogen-bond donors (Lipinski definition) is 1. The normalized spacial score (nSPS) is 11.0. The quantitative estimate of drug-likeness (QED) is 0.221. The summed E-state index contributed by atoms with van der Waals surface area (Å²) in [6.07, 6.45) is 0. The Morgan fingerprint density at radius 3 is 2.32 bits per heavy atom. The van der Waals surface area contributed by atoms with Crippen LogP contribution in [0.15, 0.2) is 53.3 Å². The lowest BCUT2D eigenvalue weighted by Gasteiger charge is -2.11. The number of nitrogen functional groups attached to an aromatic ring is 1. The van der Waals surface area contributed by atoms with Gasteiger partial charge < -0.3 is 19.8 Å². The second-order valence-corrected chi connectivity index (χ2v) is 9.01. The predicted octanol–water partition coefficient (Wildman–Crippen LogP) is 4.18. The third kappa shape index (κ3) is 4.53. The summed E-state index contributed by atoms with van der Waals surface area (Å²) in [4.78, 5) is 39.3. The Morgan fingerprint density at radius 1 is 1.00 bits per heavy atom. The molecule has 0 aliphatic carbocycles. The molecule has 4 aromatic rings. The number of nitrogens with two attached hydrogens (primary N) is 1. The summed E-state index contributed by atoms with van der Waals surface area (Å²) in [5.41, 5.74) is 9.37. The molecule has 2 heterocycles. The minimum absolute atomic E-state index is 0.0568. The molecule has 0 atom stereocenters. The Balaban J connectivity index is 1.64. The van der Waals surface area contributed by atoms with Gasteiger partial charge in [0.05, 0.1) is 29.2 Å². The largest absolute Gasteiger partial charge is 0.496 e. The van der Waals surface area contributed by atoms with E-state index in [0.29, 0.717) is 22.6 Å². The molecule has 0 radical (unpaired) electrons. The summed E-state index contributed by atoms with van der Waals surface area (Å²) < 4.78 is 15.6. The van der Waals surface area contributed by atoms with Crippen LogP contribution in [0.1, 0.15) is 37.8 Å². The molecule has 0 aliphatic heterocycles. The van der Waals surface area contributed by atoms with Gasteiger partial charge in [0.1, 0.15) is 17.0 Å². The van der Waals surface area contributed by atoms with E-state index in [1.165, 1.54) is 19.2 Å². The Hall–Kier alpha value is -4.24. The maximum absolute atomic E-state index is 13.5. The average Bonchev–Trinajstić information content (AvgIpc) is 3.29. The van der Waals surface area contributed by atoms with E-state index in [9.17, 15) is 14.4 Å². The van der Waals surface area contributed by atoms with E-state index in [2.05, 4.69) is 0 Å². The van der Waals surface area contributed by atoms with Crippen molar-refractivity contribution in [1.29, 1.82) is 0 Å². The summed E-state index contributed by atoms with van der Waals surface area (Å²) in [5, 5.41) is 0.169. The fourth-order valence-electron chi connectivity index (χ4n) is 4.38. The van der Waals surface area contributed by atoms with Gasteiger partial charge in [0.25, 0.3) is 5.56 Å². The van der Waals surface area contributed by atoms with Crippen LogP contribution in [-0.2, 0) is 11.8 Å². The molecule has 0 amide bonds. The van der Waals surface area contributed by atoms with Crippen LogP contribution in [0, 0.1) is 20.8 Å². The molecule has 0 saturated carbocycles. The number of Topliss-reactive ketones (excluding diaryl/α,β-unsaturated/α-hetero) is 1. The van der Waals surface area contributed by atoms with Crippen LogP contribution in [0.25, 0.3) is 11.4 Å². The number of esters is 1. The standard InChI is InChI=1S/C27H27ClN4O5/c1-15-11-19(23(33)14-37-27(35)20-12-21(28)22(29)13-24(20)36-5)16(2)31(15)25-17(3)30(4)32(26(25)34)18-9-7-6-8-10-18/h6-13H,14,29H2,1-5H3. The monoisotopic (exact) mass is 522 g/mol. The third-order valence-electron chi connectivity index (χ3n) is 6.35. The molecule has 192 valence electrons. The molecule has 2 N–H and O–H groups in total. The zero-order valence-corrected chi connectivity index (χ0v) is 21.9. The molecule has 0 saturated heterocycles. The topological polar surface area (TPSA) is 110 Å². The van der Waals surface area contributed by atoms with Gasteiger partial charge in [-0.25, -0.2) is 9.48 Å². The molecular weight excluding hydrogens is 496 g/mol. The molecule has 2 aromatic heterocycles. The van der Waals surface area contributed by atoms with Crippen LogP contribution in [0.3, 0.4) is 0 Å². The van der Waals surface area contributed by atoms with Crippen molar-refractivity contribution in [1.82, 2.24) is 13.9 Å². The van der Waals surface area contributed by atoms with Crippen molar-refractivity contribution in [2.75, 3.05) is 19.5 Å². The van der Waals surface area contributed by atoms with Gasteiger partial charge in [-0.1, -0.05) is 29.8 Å². The number of rotatable bonds is 7. The first-order valence-corrected chi connectivity index (χ1v) is 11.8. The summed E-state index contributed by atoms with van der Waals surface area (Å²) in [6.45, 7) is 4.92. The summed E-state index contributed by atoms with van der Waals surface area (Å²) >= 11 is 6.04. The van der Waals surface area contributed by atoms with E-state index in [4.69, 9.17) is 26.8 Å². The van der Waals surface area contributed by atoms with Gasteiger partial charge in [-0.2, -0.15) is 0 Å². The average molecular weight is 523 g/mol. The molecule has 0 bridgehead atoms. The van der Waals surface area contributed by atoms with Crippen LogP contribution < -0.4 is 16.0 Å². The highest BCUT2D eigenvalue weighted by Gasteiger charge is 2.25. The highest BCUT2D eigenvalue weighted by Crippen LogP contribution is 2.29. The van der Waals surface area contributed by atoms with E-state index < -0.39 is 18.4 Å². The number of ketones is 1. The van der Waals surface area contributed by atoms with Crippen LogP contribution >= 0.6 is 11.6 Å². The molecule has 0 fully saturated rings.